The van der Waals surface area contributed by atoms with Crippen LogP contribution in [0.25, 0.3) is 0 Å². The Bertz CT molecular complexity index is 475. The summed E-state index contributed by atoms with van der Waals surface area (Å²) in [6.07, 6.45) is 2.28. The van der Waals surface area contributed by atoms with Crippen molar-refractivity contribution in [3.63, 3.8) is 0 Å². The highest BCUT2D eigenvalue weighted by atomic mass is 16.2. The Kier molecular flexibility index (Phi) is 3.45. The lowest BCUT2D eigenvalue weighted by molar-refractivity contribution is -0.129. The molecule has 0 aromatic carbocycles. The van der Waals surface area contributed by atoms with E-state index in [0.717, 1.165) is 6.42 Å². The van der Waals surface area contributed by atoms with Crippen LogP contribution in [0.3, 0.4) is 0 Å². The fourth-order valence-corrected chi connectivity index (χ4v) is 1.92. The summed E-state index contributed by atoms with van der Waals surface area (Å²) in [5, 5.41) is 0. The van der Waals surface area contributed by atoms with Gasteiger partial charge in [0.15, 0.2) is 0 Å². The van der Waals surface area contributed by atoms with Gasteiger partial charge in [-0.15, -0.1) is 0 Å². The van der Waals surface area contributed by atoms with Crippen LogP contribution in [0.5, 0.6) is 0 Å². The smallest absolute Gasteiger partial charge is 0.254 e. The van der Waals surface area contributed by atoms with E-state index >= 15 is 0 Å². The summed E-state index contributed by atoms with van der Waals surface area (Å²) >= 11 is 0. The Labute approximate surface area is 105 Å². The van der Waals surface area contributed by atoms with Crippen LogP contribution in [-0.4, -0.2) is 53.3 Å². The van der Waals surface area contributed by atoms with Crippen molar-refractivity contribution in [2.24, 2.45) is 0 Å². The van der Waals surface area contributed by atoms with E-state index < -0.39 is 0 Å². The molecular formula is C12H16N4O2. The number of carbonyl (C=O) groups is 2. The first-order valence-corrected chi connectivity index (χ1v) is 5.82. The van der Waals surface area contributed by atoms with Crippen LogP contribution in [0.1, 0.15) is 16.8 Å². The summed E-state index contributed by atoms with van der Waals surface area (Å²) in [4.78, 5) is 31.0. The molecule has 2 amide bonds. The van der Waals surface area contributed by atoms with Gasteiger partial charge in [0.2, 0.25) is 5.91 Å². The molecule has 0 aliphatic carbocycles. The van der Waals surface area contributed by atoms with Crippen LogP contribution < -0.4 is 5.73 Å². The highest BCUT2D eigenvalue weighted by molar-refractivity contribution is 5.97. The van der Waals surface area contributed by atoms with Gasteiger partial charge in [-0.05, 0) is 18.6 Å². The first-order chi connectivity index (χ1) is 8.58. The average molecular weight is 248 g/mol. The zero-order chi connectivity index (χ0) is 13.1. The van der Waals surface area contributed by atoms with Crippen molar-refractivity contribution in [3.05, 3.63) is 23.9 Å². The molecule has 1 fully saturated rings. The van der Waals surface area contributed by atoms with Crippen LogP contribution in [0.4, 0.5) is 5.82 Å². The monoisotopic (exact) mass is 248 g/mol. The van der Waals surface area contributed by atoms with Gasteiger partial charge in [-0.25, -0.2) is 4.98 Å². The first kappa shape index (κ1) is 12.3. The third-order valence-electron chi connectivity index (χ3n) is 2.99. The van der Waals surface area contributed by atoms with Crippen molar-refractivity contribution in [2.45, 2.75) is 6.42 Å². The molecule has 2 N–H and O–H groups in total. The number of anilines is 1. The number of carbonyl (C=O) groups excluding carboxylic acids is 2. The summed E-state index contributed by atoms with van der Waals surface area (Å²) in [6, 6.07) is 3.14. The number of aromatic nitrogens is 1. The fraction of sp³-hybridized carbons (Fsp3) is 0.417. The van der Waals surface area contributed by atoms with E-state index in [2.05, 4.69) is 4.98 Å². The highest BCUT2D eigenvalue weighted by Gasteiger charge is 2.23. The molecule has 1 aromatic rings. The normalized spacial score (nSPS) is 16.6. The number of pyridine rings is 1. The molecule has 0 radical (unpaired) electrons. The Balaban J connectivity index is 2.16. The molecule has 2 heterocycles. The number of amides is 2. The number of hydrogen-bond acceptors (Lipinski definition) is 4. The predicted molar refractivity (Wildman–Crippen MR) is 66.8 cm³/mol. The SMILES string of the molecule is CN1CCCN(C(=O)c2ccnc(N)c2)CC1=O. The maximum atomic E-state index is 12.2. The van der Waals surface area contributed by atoms with E-state index in [9.17, 15) is 9.59 Å². The van der Waals surface area contributed by atoms with Crippen LogP contribution in [0, 0.1) is 0 Å². The van der Waals surface area contributed by atoms with E-state index in [4.69, 9.17) is 5.73 Å². The van der Waals surface area contributed by atoms with Crippen molar-refractivity contribution in [1.82, 2.24) is 14.8 Å². The lowest BCUT2D eigenvalue weighted by Gasteiger charge is -2.19. The minimum atomic E-state index is -0.173. The van der Waals surface area contributed by atoms with Gasteiger partial charge in [-0.1, -0.05) is 0 Å². The van der Waals surface area contributed by atoms with E-state index in [1.54, 1.807) is 22.9 Å². The number of nitrogen functional groups attached to an aromatic ring is 1. The Hall–Kier alpha value is -2.11. The van der Waals surface area contributed by atoms with Gasteiger partial charge in [0.25, 0.3) is 5.91 Å². The fourth-order valence-electron chi connectivity index (χ4n) is 1.92. The number of nitrogens with zero attached hydrogens (tertiary/aromatic N) is 3. The molecule has 0 unspecified atom stereocenters. The highest BCUT2D eigenvalue weighted by Crippen LogP contribution is 2.10. The van der Waals surface area contributed by atoms with Gasteiger partial charge in [-0.3, -0.25) is 9.59 Å². The standard InChI is InChI=1S/C12H16N4O2/c1-15-5-2-6-16(8-11(15)17)12(18)9-3-4-14-10(13)7-9/h3-4,7H,2,5-6,8H2,1H3,(H2,13,14). The van der Waals surface area contributed by atoms with Gasteiger partial charge in [0.1, 0.15) is 12.4 Å². The Morgan fingerprint density at radius 2 is 2.22 bits per heavy atom. The molecule has 6 heteroatoms. The predicted octanol–water partition coefficient (Wildman–Crippen LogP) is -0.0319. The maximum Gasteiger partial charge on any atom is 0.254 e. The lowest BCUT2D eigenvalue weighted by atomic mass is 10.2. The minimum absolute atomic E-state index is 0.0390. The molecular weight excluding hydrogens is 232 g/mol. The Morgan fingerprint density at radius 1 is 1.44 bits per heavy atom. The zero-order valence-corrected chi connectivity index (χ0v) is 10.3. The molecule has 0 atom stereocenters. The molecule has 18 heavy (non-hydrogen) atoms. The van der Waals surface area contributed by atoms with Crippen LogP contribution in [0.15, 0.2) is 18.3 Å². The molecule has 1 aliphatic rings. The van der Waals surface area contributed by atoms with E-state index in [1.165, 1.54) is 12.3 Å². The maximum absolute atomic E-state index is 12.2. The molecule has 0 spiro atoms. The summed E-state index contributed by atoms with van der Waals surface area (Å²) in [7, 11) is 1.75. The third kappa shape index (κ3) is 2.58. The molecule has 1 saturated heterocycles. The zero-order valence-electron chi connectivity index (χ0n) is 10.3. The largest absolute Gasteiger partial charge is 0.384 e. The second-order valence-electron chi connectivity index (χ2n) is 4.36. The quantitative estimate of drug-likeness (QED) is 0.756. The van der Waals surface area contributed by atoms with Crippen LogP contribution in [0.2, 0.25) is 0 Å². The second-order valence-corrected chi connectivity index (χ2v) is 4.36. The number of hydrogen-bond donors (Lipinski definition) is 1. The van der Waals surface area contributed by atoms with Crippen molar-refractivity contribution in [2.75, 3.05) is 32.4 Å². The first-order valence-electron chi connectivity index (χ1n) is 5.82. The summed E-state index contributed by atoms with van der Waals surface area (Å²) < 4.78 is 0. The summed E-state index contributed by atoms with van der Waals surface area (Å²) in [6.45, 7) is 1.38. The Morgan fingerprint density at radius 3 is 2.94 bits per heavy atom. The summed E-state index contributed by atoms with van der Waals surface area (Å²) in [5.41, 5.74) is 6.02. The minimum Gasteiger partial charge on any atom is -0.384 e. The van der Waals surface area contributed by atoms with Crippen molar-refractivity contribution in [1.29, 1.82) is 0 Å². The van der Waals surface area contributed by atoms with Crippen LogP contribution in [-0.2, 0) is 4.79 Å². The van der Waals surface area contributed by atoms with Gasteiger partial charge >= 0.3 is 0 Å². The number of rotatable bonds is 1. The molecule has 0 bridgehead atoms. The molecule has 6 nitrogen and oxygen atoms in total. The van der Waals surface area contributed by atoms with Gasteiger partial charge in [-0.2, -0.15) is 0 Å². The van der Waals surface area contributed by atoms with Crippen LogP contribution >= 0.6 is 0 Å². The molecule has 1 aliphatic heterocycles. The van der Waals surface area contributed by atoms with Crippen molar-refractivity contribution >= 4 is 17.6 Å². The lowest BCUT2D eigenvalue weighted by Crippen LogP contribution is -2.38. The number of nitrogens with two attached hydrogens (primary N) is 1. The molecule has 1 aromatic heterocycles. The van der Waals surface area contributed by atoms with Crippen molar-refractivity contribution in [3.8, 4) is 0 Å². The molecule has 2 rings (SSSR count). The van der Waals surface area contributed by atoms with E-state index in [0.29, 0.717) is 24.5 Å². The third-order valence-corrected chi connectivity index (χ3v) is 2.99. The number of likely N-dealkylation sites (N-methyl/N-ethyl adjacent to an activating group) is 1. The van der Waals surface area contributed by atoms with E-state index in [-0.39, 0.29) is 18.4 Å². The van der Waals surface area contributed by atoms with Gasteiger partial charge < -0.3 is 15.5 Å². The molecule has 96 valence electrons. The summed E-state index contributed by atoms with van der Waals surface area (Å²) in [5.74, 6) is 0.0924. The molecule has 0 saturated carbocycles. The van der Waals surface area contributed by atoms with Gasteiger partial charge in [0, 0.05) is 31.9 Å². The second kappa shape index (κ2) is 5.03. The average Bonchev–Trinajstić information content (AvgIpc) is 2.51. The van der Waals surface area contributed by atoms with Gasteiger partial charge in [0.05, 0.1) is 0 Å². The van der Waals surface area contributed by atoms with E-state index in [1.807, 2.05) is 0 Å². The topological polar surface area (TPSA) is 79.5 Å². The van der Waals surface area contributed by atoms with Crippen molar-refractivity contribution < 1.29 is 9.59 Å².